The number of nitrogens with zero attached hydrogens (tertiary/aromatic N) is 3. The zero-order chi connectivity index (χ0) is 15.8. The van der Waals surface area contributed by atoms with E-state index in [4.69, 9.17) is 0 Å². The lowest BCUT2D eigenvalue weighted by Gasteiger charge is -2.04. The number of hydrogen-bond acceptors (Lipinski definition) is 4. The van der Waals surface area contributed by atoms with Gasteiger partial charge >= 0.3 is 0 Å². The molecule has 4 aromatic rings. The van der Waals surface area contributed by atoms with Gasteiger partial charge in [-0.1, -0.05) is 29.5 Å². The van der Waals surface area contributed by atoms with Gasteiger partial charge < -0.3 is 10.3 Å². The highest BCUT2D eigenvalue weighted by Gasteiger charge is 2.18. The summed E-state index contributed by atoms with van der Waals surface area (Å²) in [6.07, 6.45) is 2.77. The zero-order valence-corrected chi connectivity index (χ0v) is 13.4. The lowest BCUT2D eigenvalue weighted by Crippen LogP contribution is -2.27. The van der Waals surface area contributed by atoms with Crippen molar-refractivity contribution in [3.8, 4) is 0 Å². The first-order valence-electron chi connectivity index (χ1n) is 7.36. The lowest BCUT2D eigenvalue weighted by atomic mass is 10.1. The molecule has 116 valence electrons. The molecule has 0 aliphatic carbocycles. The van der Waals surface area contributed by atoms with E-state index in [1.54, 1.807) is 10.0 Å². The number of aromatic amines is 1. The van der Waals surface area contributed by atoms with Crippen LogP contribution in [0.2, 0.25) is 0 Å². The summed E-state index contributed by atoms with van der Waals surface area (Å²) in [7, 11) is 0. The topological polar surface area (TPSA) is 75.1 Å². The molecule has 0 spiro atoms. The van der Waals surface area contributed by atoms with Gasteiger partial charge in [-0.25, -0.2) is 4.98 Å². The van der Waals surface area contributed by atoms with Gasteiger partial charge in [0.15, 0.2) is 5.69 Å². The van der Waals surface area contributed by atoms with E-state index in [2.05, 4.69) is 26.4 Å². The number of fused-ring (bicyclic) bond motifs is 2. The first-order valence-corrected chi connectivity index (χ1v) is 8.24. The Morgan fingerprint density at radius 3 is 3.17 bits per heavy atom. The number of carbonyl (C=O) groups is 1. The number of benzene rings is 1. The Balaban J connectivity index is 1.48. The lowest BCUT2D eigenvalue weighted by molar-refractivity contribution is 0.0946. The van der Waals surface area contributed by atoms with Crippen LogP contribution in [-0.4, -0.2) is 32.0 Å². The maximum atomic E-state index is 12.4. The molecule has 3 heterocycles. The van der Waals surface area contributed by atoms with Gasteiger partial charge in [-0.15, -0.1) is 0 Å². The van der Waals surface area contributed by atoms with E-state index in [9.17, 15) is 4.79 Å². The fraction of sp³-hybridized carbons (Fsp3) is 0.188. The van der Waals surface area contributed by atoms with E-state index >= 15 is 0 Å². The van der Waals surface area contributed by atoms with Crippen LogP contribution in [0.25, 0.3) is 15.9 Å². The summed E-state index contributed by atoms with van der Waals surface area (Å²) in [4.78, 5) is 20.8. The van der Waals surface area contributed by atoms with Crippen LogP contribution in [-0.2, 0) is 6.42 Å². The Morgan fingerprint density at radius 1 is 1.39 bits per heavy atom. The molecule has 0 saturated heterocycles. The van der Waals surface area contributed by atoms with Crippen LogP contribution in [0.3, 0.4) is 0 Å². The van der Waals surface area contributed by atoms with Crippen LogP contribution in [0.4, 0.5) is 0 Å². The van der Waals surface area contributed by atoms with Crippen LogP contribution in [0.1, 0.15) is 21.7 Å². The number of nitrogens with one attached hydrogen (secondary N) is 2. The molecule has 0 radical (unpaired) electrons. The number of amides is 1. The second-order valence-electron chi connectivity index (χ2n) is 5.34. The number of H-pyrrole nitrogens is 1. The summed E-state index contributed by atoms with van der Waals surface area (Å²) in [6.45, 7) is 2.40. The standard InChI is InChI=1S/C16H15N5OS/c1-10-14(21-16(20-10)23-9-19-21)15(22)17-7-6-11-8-18-13-5-3-2-4-12(11)13/h2-5,8-9,18H,6-7H2,1H3,(H,17,22). The van der Waals surface area contributed by atoms with E-state index in [1.165, 1.54) is 22.3 Å². The van der Waals surface area contributed by atoms with Crippen molar-refractivity contribution >= 4 is 33.1 Å². The van der Waals surface area contributed by atoms with Crippen molar-refractivity contribution in [1.29, 1.82) is 0 Å². The molecule has 3 aromatic heterocycles. The van der Waals surface area contributed by atoms with Gasteiger partial charge in [0, 0.05) is 23.6 Å². The summed E-state index contributed by atoms with van der Waals surface area (Å²) in [5.74, 6) is -0.138. The van der Waals surface area contributed by atoms with E-state index in [1.807, 2.05) is 31.3 Å². The van der Waals surface area contributed by atoms with Gasteiger partial charge in [0.2, 0.25) is 4.96 Å². The summed E-state index contributed by atoms with van der Waals surface area (Å²) >= 11 is 1.42. The normalized spacial score (nSPS) is 11.3. The van der Waals surface area contributed by atoms with Crippen LogP contribution in [0, 0.1) is 6.92 Å². The second-order valence-corrected chi connectivity index (χ2v) is 6.16. The minimum absolute atomic E-state index is 0.138. The smallest absolute Gasteiger partial charge is 0.271 e. The number of para-hydroxylation sites is 1. The largest absolute Gasteiger partial charge is 0.361 e. The minimum Gasteiger partial charge on any atom is -0.361 e. The molecular formula is C16H15N5OS. The third-order valence-corrected chi connectivity index (χ3v) is 4.56. The quantitative estimate of drug-likeness (QED) is 0.605. The molecule has 6 nitrogen and oxygen atoms in total. The van der Waals surface area contributed by atoms with Gasteiger partial charge in [0.05, 0.1) is 5.69 Å². The average molecular weight is 325 g/mol. The summed E-state index contributed by atoms with van der Waals surface area (Å²) in [5, 5.41) is 8.33. The van der Waals surface area contributed by atoms with Gasteiger partial charge in [0.1, 0.15) is 5.51 Å². The Labute approximate surface area is 136 Å². The van der Waals surface area contributed by atoms with E-state index in [0.29, 0.717) is 17.9 Å². The second kappa shape index (κ2) is 5.51. The molecule has 2 N–H and O–H groups in total. The Kier molecular flexibility index (Phi) is 3.34. The third-order valence-electron chi connectivity index (χ3n) is 3.89. The molecule has 1 amide bonds. The maximum absolute atomic E-state index is 12.4. The summed E-state index contributed by atoms with van der Waals surface area (Å²) in [6, 6.07) is 8.16. The van der Waals surface area contributed by atoms with Crippen molar-refractivity contribution in [2.75, 3.05) is 6.54 Å². The first kappa shape index (κ1) is 14.0. The van der Waals surface area contributed by atoms with Gasteiger partial charge in [0.25, 0.3) is 5.91 Å². The van der Waals surface area contributed by atoms with Gasteiger partial charge in [-0.2, -0.15) is 9.61 Å². The van der Waals surface area contributed by atoms with Crippen LogP contribution >= 0.6 is 11.3 Å². The molecular weight excluding hydrogens is 310 g/mol. The summed E-state index contributed by atoms with van der Waals surface area (Å²) in [5.41, 5.74) is 5.22. The predicted molar refractivity (Wildman–Crippen MR) is 89.9 cm³/mol. The van der Waals surface area contributed by atoms with Crippen molar-refractivity contribution in [2.45, 2.75) is 13.3 Å². The Morgan fingerprint density at radius 2 is 2.26 bits per heavy atom. The Hall–Kier alpha value is -2.67. The molecule has 0 unspecified atom stereocenters. The van der Waals surface area contributed by atoms with Crippen LogP contribution in [0.5, 0.6) is 0 Å². The Bertz CT molecular complexity index is 996. The molecule has 1 aromatic carbocycles. The maximum Gasteiger partial charge on any atom is 0.271 e. The van der Waals surface area contributed by atoms with E-state index < -0.39 is 0 Å². The zero-order valence-electron chi connectivity index (χ0n) is 12.5. The molecule has 0 fully saturated rings. The molecule has 0 saturated carbocycles. The van der Waals surface area contributed by atoms with Gasteiger partial charge in [-0.3, -0.25) is 4.79 Å². The van der Waals surface area contributed by atoms with Crippen LogP contribution in [0.15, 0.2) is 36.0 Å². The number of aryl methyl sites for hydroxylation is 1. The SMILES string of the molecule is Cc1nc2scnn2c1C(=O)NCCc1c[nH]c2ccccc12. The minimum atomic E-state index is -0.138. The highest BCUT2D eigenvalue weighted by molar-refractivity contribution is 7.14. The van der Waals surface area contributed by atoms with Crippen molar-refractivity contribution in [3.63, 3.8) is 0 Å². The monoisotopic (exact) mass is 325 g/mol. The number of carbonyl (C=O) groups excluding carboxylic acids is 1. The number of hydrogen-bond donors (Lipinski definition) is 2. The van der Waals surface area contributed by atoms with Gasteiger partial charge in [-0.05, 0) is 25.0 Å². The molecule has 23 heavy (non-hydrogen) atoms. The van der Waals surface area contributed by atoms with E-state index in [-0.39, 0.29) is 5.91 Å². The fourth-order valence-electron chi connectivity index (χ4n) is 2.79. The molecule has 4 rings (SSSR count). The highest BCUT2D eigenvalue weighted by atomic mass is 32.1. The van der Waals surface area contributed by atoms with Crippen molar-refractivity contribution < 1.29 is 4.79 Å². The number of aromatic nitrogens is 4. The van der Waals surface area contributed by atoms with Crippen LogP contribution < -0.4 is 5.32 Å². The molecule has 0 atom stereocenters. The highest BCUT2D eigenvalue weighted by Crippen LogP contribution is 2.18. The molecule has 0 aliphatic rings. The molecule has 7 heteroatoms. The number of imidazole rings is 1. The van der Waals surface area contributed by atoms with E-state index in [0.717, 1.165) is 16.9 Å². The first-order chi connectivity index (χ1) is 11.2. The van der Waals surface area contributed by atoms with Crippen molar-refractivity contribution in [2.24, 2.45) is 0 Å². The molecule has 0 aliphatic heterocycles. The predicted octanol–water partition coefficient (Wildman–Crippen LogP) is 2.55. The third kappa shape index (κ3) is 2.39. The average Bonchev–Trinajstić information content (AvgIpc) is 3.21. The number of rotatable bonds is 4. The molecule has 0 bridgehead atoms. The summed E-state index contributed by atoms with van der Waals surface area (Å²) < 4.78 is 1.60. The van der Waals surface area contributed by atoms with Crippen molar-refractivity contribution in [1.82, 2.24) is 24.9 Å². The van der Waals surface area contributed by atoms with Crippen molar-refractivity contribution in [3.05, 3.63) is 52.9 Å². The fourth-order valence-corrected chi connectivity index (χ4v) is 3.45.